The van der Waals surface area contributed by atoms with Crippen molar-refractivity contribution in [2.45, 2.75) is 13.5 Å². The van der Waals surface area contributed by atoms with Crippen LogP contribution in [0.4, 0.5) is 5.69 Å². The van der Waals surface area contributed by atoms with Gasteiger partial charge in [-0.15, -0.1) is 0 Å². The maximum Gasteiger partial charge on any atom is 0.337 e. The number of nitrogens with one attached hydrogen (secondary N) is 1. The second-order valence-electron chi connectivity index (χ2n) is 7.04. The van der Waals surface area contributed by atoms with Crippen LogP contribution in [0.5, 0.6) is 11.5 Å². The molecule has 0 saturated carbocycles. The molecule has 3 aromatic rings. The zero-order valence-electron chi connectivity index (χ0n) is 18.6. The van der Waals surface area contributed by atoms with Crippen molar-refractivity contribution in [1.29, 1.82) is 0 Å². The number of carbonyl (C=O) groups is 2. The molecule has 0 aliphatic heterocycles. The molecule has 176 valence electrons. The Labute approximate surface area is 211 Å². The fraction of sp³-hybridized carbons (Fsp3) is 0.154. The van der Waals surface area contributed by atoms with E-state index >= 15 is 0 Å². The normalized spacial score (nSPS) is 10.7. The van der Waals surface area contributed by atoms with Crippen molar-refractivity contribution in [2.24, 2.45) is 0 Å². The molecule has 1 N–H and O–H groups in total. The van der Waals surface area contributed by atoms with Crippen molar-refractivity contribution < 1.29 is 23.8 Å². The molecule has 0 unspecified atom stereocenters. The molecule has 3 aromatic carbocycles. The van der Waals surface area contributed by atoms with Crippen LogP contribution in [0.1, 0.15) is 28.4 Å². The molecule has 6 nitrogen and oxygen atoms in total. The molecule has 0 aromatic heterocycles. The third-order valence-electron chi connectivity index (χ3n) is 4.64. The van der Waals surface area contributed by atoms with Crippen molar-refractivity contribution in [3.05, 3.63) is 92.9 Å². The number of rotatable bonds is 9. The van der Waals surface area contributed by atoms with Crippen molar-refractivity contribution in [3.63, 3.8) is 0 Å². The zero-order valence-corrected chi connectivity index (χ0v) is 21.0. The first kappa shape index (κ1) is 25.3. The molecule has 0 bridgehead atoms. The first-order valence-corrected chi connectivity index (χ1v) is 11.6. The summed E-state index contributed by atoms with van der Waals surface area (Å²) in [6, 6.07) is 17.6. The molecule has 8 heteroatoms. The van der Waals surface area contributed by atoms with Gasteiger partial charge in [-0.3, -0.25) is 4.79 Å². The van der Waals surface area contributed by atoms with E-state index in [4.69, 9.17) is 25.8 Å². The van der Waals surface area contributed by atoms with Gasteiger partial charge in [-0.05, 0) is 70.9 Å². The molecular weight excluding hydrogens is 522 g/mol. The van der Waals surface area contributed by atoms with Crippen molar-refractivity contribution in [1.82, 2.24) is 0 Å². The number of amides is 1. The van der Waals surface area contributed by atoms with Gasteiger partial charge in [-0.1, -0.05) is 35.9 Å². The topological polar surface area (TPSA) is 73.9 Å². The Hall–Kier alpha value is -3.29. The Morgan fingerprint density at radius 2 is 1.85 bits per heavy atom. The lowest BCUT2D eigenvalue weighted by Gasteiger charge is -2.15. The van der Waals surface area contributed by atoms with Gasteiger partial charge in [0.1, 0.15) is 6.61 Å². The standard InChI is InChI=1S/C26H23BrClNO5/c1-3-33-23-14-17(13-21(27)25(23)34-16-19-7-4-5-10-22(19)28)11-12-24(30)29-20-9-6-8-18(15-20)26(31)32-2/h4-15H,3,16H2,1-2H3,(H,29,30)/b12-11+. The number of benzene rings is 3. The Kier molecular flexibility index (Phi) is 9.13. The minimum Gasteiger partial charge on any atom is -0.490 e. The monoisotopic (exact) mass is 543 g/mol. The Bertz CT molecular complexity index is 1210. The van der Waals surface area contributed by atoms with Crippen molar-refractivity contribution in [2.75, 3.05) is 19.0 Å². The summed E-state index contributed by atoms with van der Waals surface area (Å²) in [6.45, 7) is 2.60. The number of hydrogen-bond donors (Lipinski definition) is 1. The summed E-state index contributed by atoms with van der Waals surface area (Å²) in [7, 11) is 1.30. The number of ether oxygens (including phenoxy) is 3. The summed E-state index contributed by atoms with van der Waals surface area (Å²) in [6.07, 6.45) is 3.05. The Balaban J connectivity index is 1.73. The first-order chi connectivity index (χ1) is 16.4. The summed E-state index contributed by atoms with van der Waals surface area (Å²) in [5.41, 5.74) is 2.42. The maximum atomic E-state index is 12.4. The minimum absolute atomic E-state index is 0.278. The van der Waals surface area contributed by atoms with Crippen LogP contribution in [0.25, 0.3) is 6.08 Å². The van der Waals surface area contributed by atoms with Crippen molar-refractivity contribution in [3.8, 4) is 11.5 Å². The summed E-state index contributed by atoms with van der Waals surface area (Å²) >= 11 is 9.76. The van der Waals surface area contributed by atoms with Gasteiger partial charge in [-0.2, -0.15) is 0 Å². The van der Waals surface area contributed by atoms with Crippen LogP contribution in [-0.2, 0) is 16.1 Å². The number of carbonyl (C=O) groups excluding carboxylic acids is 2. The van der Waals surface area contributed by atoms with E-state index < -0.39 is 5.97 Å². The Morgan fingerprint density at radius 3 is 2.59 bits per heavy atom. The van der Waals surface area contributed by atoms with Gasteiger partial charge in [0.05, 0.1) is 23.8 Å². The van der Waals surface area contributed by atoms with E-state index in [2.05, 4.69) is 21.2 Å². The molecule has 1 amide bonds. The first-order valence-electron chi connectivity index (χ1n) is 10.4. The second-order valence-corrected chi connectivity index (χ2v) is 8.30. The lowest BCUT2D eigenvalue weighted by atomic mass is 10.1. The van der Waals surface area contributed by atoms with Gasteiger partial charge in [-0.25, -0.2) is 4.79 Å². The molecule has 0 spiro atoms. The summed E-state index contributed by atoms with van der Waals surface area (Å²) < 4.78 is 17.1. The number of methoxy groups -OCH3 is 1. The zero-order chi connectivity index (χ0) is 24.5. The van der Waals surface area contributed by atoms with Gasteiger partial charge in [0.15, 0.2) is 11.5 Å². The number of esters is 1. The largest absolute Gasteiger partial charge is 0.490 e. The summed E-state index contributed by atoms with van der Waals surface area (Å²) in [5, 5.41) is 3.35. The van der Waals surface area contributed by atoms with Crippen LogP contribution < -0.4 is 14.8 Å². The Morgan fingerprint density at radius 1 is 1.06 bits per heavy atom. The van der Waals surface area contributed by atoms with Gasteiger partial charge >= 0.3 is 5.97 Å². The third-order valence-corrected chi connectivity index (χ3v) is 5.60. The smallest absolute Gasteiger partial charge is 0.337 e. The van der Waals surface area contributed by atoms with Crippen LogP contribution in [0.2, 0.25) is 5.02 Å². The highest BCUT2D eigenvalue weighted by atomic mass is 79.9. The van der Waals surface area contributed by atoms with E-state index in [1.807, 2.05) is 37.3 Å². The van der Waals surface area contributed by atoms with Gasteiger partial charge in [0, 0.05) is 22.3 Å². The van der Waals surface area contributed by atoms with E-state index in [0.29, 0.717) is 38.9 Å². The van der Waals surface area contributed by atoms with Crippen LogP contribution in [0.15, 0.2) is 71.2 Å². The quantitative estimate of drug-likeness (QED) is 0.245. The number of anilines is 1. The fourth-order valence-corrected chi connectivity index (χ4v) is 3.81. The van der Waals surface area contributed by atoms with Gasteiger partial charge < -0.3 is 19.5 Å². The van der Waals surface area contributed by atoms with E-state index in [0.717, 1.165) is 11.1 Å². The molecule has 0 aliphatic carbocycles. The molecule has 0 aliphatic rings. The molecule has 0 atom stereocenters. The second kappa shape index (κ2) is 12.3. The predicted molar refractivity (Wildman–Crippen MR) is 137 cm³/mol. The van der Waals surface area contributed by atoms with E-state index in [9.17, 15) is 9.59 Å². The highest BCUT2D eigenvalue weighted by molar-refractivity contribution is 9.10. The number of halogens is 2. The number of hydrogen-bond acceptors (Lipinski definition) is 5. The molecule has 0 saturated heterocycles. The SMILES string of the molecule is CCOc1cc(/C=C/C(=O)Nc2cccc(C(=O)OC)c2)cc(Br)c1OCc1ccccc1Cl. The predicted octanol–water partition coefficient (Wildman–Crippen LogP) is 6.52. The average molecular weight is 545 g/mol. The van der Waals surface area contributed by atoms with Crippen LogP contribution in [0.3, 0.4) is 0 Å². The molecule has 34 heavy (non-hydrogen) atoms. The summed E-state index contributed by atoms with van der Waals surface area (Å²) in [4.78, 5) is 24.1. The summed E-state index contributed by atoms with van der Waals surface area (Å²) in [5.74, 6) is 0.254. The third kappa shape index (κ3) is 6.85. The average Bonchev–Trinajstić information content (AvgIpc) is 2.83. The molecule has 0 radical (unpaired) electrons. The van der Waals surface area contributed by atoms with Gasteiger partial charge in [0.2, 0.25) is 5.91 Å². The van der Waals surface area contributed by atoms with E-state index in [1.165, 1.54) is 13.2 Å². The molecule has 3 rings (SSSR count). The molecular formula is C26H23BrClNO5. The van der Waals surface area contributed by atoms with Crippen LogP contribution >= 0.6 is 27.5 Å². The highest BCUT2D eigenvalue weighted by Gasteiger charge is 2.13. The van der Waals surface area contributed by atoms with Crippen LogP contribution in [0, 0.1) is 0 Å². The van der Waals surface area contributed by atoms with E-state index in [1.54, 1.807) is 36.4 Å². The van der Waals surface area contributed by atoms with Crippen LogP contribution in [-0.4, -0.2) is 25.6 Å². The molecule has 0 heterocycles. The fourth-order valence-electron chi connectivity index (χ4n) is 3.05. The minimum atomic E-state index is -0.475. The maximum absolute atomic E-state index is 12.4. The highest BCUT2D eigenvalue weighted by Crippen LogP contribution is 2.38. The lowest BCUT2D eigenvalue weighted by Crippen LogP contribution is -2.09. The van der Waals surface area contributed by atoms with Crippen molar-refractivity contribution >= 4 is 51.2 Å². The van der Waals surface area contributed by atoms with E-state index in [-0.39, 0.29) is 12.5 Å². The lowest BCUT2D eigenvalue weighted by molar-refractivity contribution is -0.111. The van der Waals surface area contributed by atoms with Gasteiger partial charge in [0.25, 0.3) is 0 Å². The molecule has 0 fully saturated rings.